The van der Waals surface area contributed by atoms with Crippen molar-refractivity contribution < 1.29 is 0 Å². The predicted molar refractivity (Wildman–Crippen MR) is 65.1 cm³/mol. The molecule has 0 spiro atoms. The lowest BCUT2D eigenvalue weighted by Gasteiger charge is -1.86. The lowest BCUT2D eigenvalue weighted by atomic mass is 10.4. The van der Waals surface area contributed by atoms with Crippen LogP contribution in [-0.4, -0.2) is 19.9 Å². The number of hydrogen-bond acceptors (Lipinski definition) is 5. The summed E-state index contributed by atoms with van der Waals surface area (Å²) >= 11 is 1.35. The zero-order valence-electron chi connectivity index (χ0n) is 8.40. The van der Waals surface area contributed by atoms with Crippen molar-refractivity contribution in [3.05, 3.63) is 33.0 Å². The highest BCUT2D eigenvalue weighted by molar-refractivity contribution is 7.19. The van der Waals surface area contributed by atoms with Crippen molar-refractivity contribution in [1.82, 2.24) is 19.9 Å². The van der Waals surface area contributed by atoms with Crippen LogP contribution in [0.3, 0.4) is 0 Å². The van der Waals surface area contributed by atoms with Gasteiger partial charge < -0.3 is 10.7 Å². The van der Waals surface area contributed by atoms with Crippen molar-refractivity contribution in [2.45, 2.75) is 0 Å². The van der Waals surface area contributed by atoms with E-state index in [1.807, 2.05) is 0 Å². The first-order valence-electron chi connectivity index (χ1n) is 4.71. The second-order valence-corrected chi connectivity index (χ2v) is 4.53. The Labute approximate surface area is 97.3 Å². The molecule has 7 nitrogen and oxygen atoms in total. The molecule has 0 aliphatic heterocycles. The Hall–Kier alpha value is -2.35. The first-order valence-corrected chi connectivity index (χ1v) is 5.53. The number of rotatable bonds is 1. The number of fused-ring (bicyclic) bond motifs is 1. The molecule has 8 heteroatoms. The number of nitrogens with zero attached hydrogens (tertiary/aromatic N) is 1. The zero-order chi connectivity index (χ0) is 12.0. The molecule has 5 N–H and O–H groups in total. The van der Waals surface area contributed by atoms with E-state index in [4.69, 9.17) is 5.73 Å². The van der Waals surface area contributed by atoms with Crippen LogP contribution in [0, 0.1) is 0 Å². The highest BCUT2D eigenvalue weighted by atomic mass is 32.1. The molecule has 0 saturated heterocycles. The normalized spacial score (nSPS) is 11.1. The minimum absolute atomic E-state index is 0.237. The second-order valence-electron chi connectivity index (χ2n) is 3.42. The Morgan fingerprint density at radius 1 is 1.18 bits per heavy atom. The van der Waals surface area contributed by atoms with Gasteiger partial charge in [0.25, 0.3) is 5.56 Å². The Kier molecular flexibility index (Phi) is 1.92. The molecule has 0 atom stereocenters. The second kappa shape index (κ2) is 3.32. The number of nitrogen functional groups attached to an aromatic ring is 1. The molecule has 0 aliphatic rings. The zero-order valence-corrected chi connectivity index (χ0v) is 9.22. The fraction of sp³-hybridized carbons (Fsp3) is 0. The van der Waals surface area contributed by atoms with Gasteiger partial charge in [0, 0.05) is 0 Å². The van der Waals surface area contributed by atoms with Crippen LogP contribution in [0.4, 0.5) is 5.00 Å². The SMILES string of the molecule is Nc1ccc(-c2nc3[nH]c(=O)[nH]c(=O)c3[nH]2)s1. The van der Waals surface area contributed by atoms with Gasteiger partial charge in [-0.2, -0.15) is 0 Å². The van der Waals surface area contributed by atoms with Gasteiger partial charge in [-0.3, -0.25) is 14.8 Å². The summed E-state index contributed by atoms with van der Waals surface area (Å²) < 4.78 is 0. The molecule has 17 heavy (non-hydrogen) atoms. The third kappa shape index (κ3) is 1.54. The van der Waals surface area contributed by atoms with Crippen molar-refractivity contribution in [3.8, 4) is 10.7 Å². The van der Waals surface area contributed by atoms with Crippen molar-refractivity contribution in [3.63, 3.8) is 0 Å². The average Bonchev–Trinajstić information content (AvgIpc) is 2.83. The van der Waals surface area contributed by atoms with E-state index in [1.54, 1.807) is 12.1 Å². The predicted octanol–water partition coefficient (Wildman–Crippen LogP) is 0.250. The smallest absolute Gasteiger partial charge is 0.327 e. The number of H-pyrrole nitrogens is 3. The van der Waals surface area contributed by atoms with Gasteiger partial charge in [0.2, 0.25) is 0 Å². The number of nitrogens with two attached hydrogens (primary N) is 1. The maximum Gasteiger partial charge on any atom is 0.327 e. The van der Waals surface area contributed by atoms with Gasteiger partial charge >= 0.3 is 5.69 Å². The van der Waals surface area contributed by atoms with Gasteiger partial charge in [0.05, 0.1) is 9.88 Å². The lowest BCUT2D eigenvalue weighted by Crippen LogP contribution is -2.21. The summed E-state index contributed by atoms with van der Waals surface area (Å²) in [4.78, 5) is 34.9. The van der Waals surface area contributed by atoms with E-state index in [2.05, 4.69) is 19.9 Å². The topological polar surface area (TPSA) is 120 Å². The minimum Gasteiger partial charge on any atom is -0.391 e. The first-order chi connectivity index (χ1) is 8.13. The molecule has 0 aliphatic carbocycles. The molecule has 0 fully saturated rings. The summed E-state index contributed by atoms with van der Waals surface area (Å²) in [6, 6.07) is 3.55. The largest absolute Gasteiger partial charge is 0.391 e. The summed E-state index contributed by atoms with van der Waals surface area (Å²) in [7, 11) is 0. The Bertz CT molecular complexity index is 809. The Balaban J connectivity index is 2.30. The number of aromatic nitrogens is 4. The number of thiophene rings is 1. The van der Waals surface area contributed by atoms with E-state index < -0.39 is 11.2 Å². The molecule has 0 aromatic carbocycles. The van der Waals surface area contributed by atoms with Crippen LogP contribution in [0.5, 0.6) is 0 Å². The number of nitrogens with one attached hydrogen (secondary N) is 3. The third-order valence-electron chi connectivity index (χ3n) is 2.25. The van der Waals surface area contributed by atoms with Crippen LogP contribution < -0.4 is 17.0 Å². The molecule has 0 saturated carbocycles. The van der Waals surface area contributed by atoms with Crippen LogP contribution in [0.1, 0.15) is 0 Å². The number of imidazole rings is 1. The molecule has 0 amide bonds. The standard InChI is InChI=1S/C9H7N5O2S/c10-4-2-1-3(17-4)6-11-5-7(12-6)13-9(16)14-8(5)15/h1-2H,10H2,(H3,11,12,13,14,15,16). The number of aromatic amines is 3. The summed E-state index contributed by atoms with van der Waals surface area (Å²) in [5.74, 6) is 0.508. The van der Waals surface area contributed by atoms with Crippen LogP contribution >= 0.6 is 11.3 Å². The number of anilines is 1. The molecule has 0 bridgehead atoms. The average molecular weight is 249 g/mol. The van der Waals surface area contributed by atoms with Crippen molar-refractivity contribution in [2.24, 2.45) is 0 Å². The van der Waals surface area contributed by atoms with Gasteiger partial charge in [0.1, 0.15) is 5.52 Å². The van der Waals surface area contributed by atoms with Crippen molar-refractivity contribution >= 4 is 27.5 Å². The van der Waals surface area contributed by atoms with Crippen LogP contribution in [-0.2, 0) is 0 Å². The Morgan fingerprint density at radius 3 is 2.71 bits per heavy atom. The summed E-state index contributed by atoms with van der Waals surface area (Å²) in [6.45, 7) is 0. The van der Waals surface area contributed by atoms with Crippen LogP contribution in [0.2, 0.25) is 0 Å². The van der Waals surface area contributed by atoms with Gasteiger partial charge in [-0.1, -0.05) is 0 Å². The van der Waals surface area contributed by atoms with E-state index in [1.165, 1.54) is 11.3 Å². The van der Waals surface area contributed by atoms with E-state index in [0.29, 0.717) is 10.8 Å². The fourth-order valence-corrected chi connectivity index (χ4v) is 2.25. The molecule has 3 aromatic heterocycles. The van der Waals surface area contributed by atoms with Gasteiger partial charge in [0.15, 0.2) is 11.5 Å². The van der Waals surface area contributed by atoms with Gasteiger partial charge in [-0.25, -0.2) is 9.78 Å². The molecule has 0 unspecified atom stereocenters. The van der Waals surface area contributed by atoms with E-state index in [-0.39, 0.29) is 11.2 Å². The van der Waals surface area contributed by atoms with E-state index >= 15 is 0 Å². The van der Waals surface area contributed by atoms with E-state index in [9.17, 15) is 9.59 Å². The molecular formula is C9H7N5O2S. The third-order valence-corrected chi connectivity index (χ3v) is 3.17. The first kappa shape index (κ1) is 9.85. The molecule has 0 radical (unpaired) electrons. The quantitative estimate of drug-likeness (QED) is 0.494. The van der Waals surface area contributed by atoms with E-state index in [0.717, 1.165) is 4.88 Å². The summed E-state index contributed by atoms with van der Waals surface area (Å²) in [5.41, 5.74) is 5.02. The minimum atomic E-state index is -0.578. The fourth-order valence-electron chi connectivity index (χ4n) is 1.53. The molecule has 86 valence electrons. The molecule has 3 aromatic rings. The maximum absolute atomic E-state index is 11.5. The summed E-state index contributed by atoms with van der Waals surface area (Å²) in [6.07, 6.45) is 0. The molecular weight excluding hydrogens is 242 g/mol. The highest BCUT2D eigenvalue weighted by Gasteiger charge is 2.10. The van der Waals surface area contributed by atoms with Gasteiger partial charge in [-0.15, -0.1) is 11.3 Å². The van der Waals surface area contributed by atoms with Crippen molar-refractivity contribution in [1.29, 1.82) is 0 Å². The highest BCUT2D eigenvalue weighted by Crippen LogP contribution is 2.27. The van der Waals surface area contributed by atoms with Crippen LogP contribution in [0.15, 0.2) is 21.7 Å². The maximum atomic E-state index is 11.5. The molecule has 3 heterocycles. The lowest BCUT2D eigenvalue weighted by molar-refractivity contribution is 1.07. The molecule has 3 rings (SSSR count). The Morgan fingerprint density at radius 2 is 2.00 bits per heavy atom. The summed E-state index contributed by atoms with van der Waals surface area (Å²) in [5, 5.41) is 0.655. The van der Waals surface area contributed by atoms with Crippen LogP contribution in [0.25, 0.3) is 21.9 Å². The number of hydrogen-bond donors (Lipinski definition) is 4. The monoisotopic (exact) mass is 249 g/mol. The van der Waals surface area contributed by atoms with Gasteiger partial charge in [-0.05, 0) is 12.1 Å². The van der Waals surface area contributed by atoms with Crippen molar-refractivity contribution in [2.75, 3.05) is 5.73 Å².